The lowest BCUT2D eigenvalue weighted by molar-refractivity contribution is -0.302. The van der Waals surface area contributed by atoms with Crippen molar-refractivity contribution in [1.29, 1.82) is 0 Å². The van der Waals surface area contributed by atoms with Crippen molar-refractivity contribution in [2.24, 2.45) is 0 Å². The predicted octanol–water partition coefficient (Wildman–Crippen LogP) is 15.9. The summed E-state index contributed by atoms with van der Waals surface area (Å²) < 4.78 is 11.3. The van der Waals surface area contributed by atoms with Crippen LogP contribution in [0.2, 0.25) is 0 Å². The molecule has 73 heavy (non-hydrogen) atoms. The number of aliphatic hydroxyl groups is 5. The fraction of sp³-hybridized carbons (Fsp3) is 0.828. The molecule has 1 saturated heterocycles. The summed E-state index contributed by atoms with van der Waals surface area (Å²) in [5, 5.41) is 54.6. The van der Waals surface area contributed by atoms with Crippen LogP contribution in [-0.4, -0.2) is 87.5 Å². The third kappa shape index (κ3) is 42.7. The first-order valence-corrected chi connectivity index (χ1v) is 31.0. The molecule has 0 aromatic rings. The number of amides is 1. The maximum atomic E-state index is 13.1. The van der Waals surface area contributed by atoms with Gasteiger partial charge in [0.15, 0.2) is 6.29 Å². The molecule has 0 aromatic heterocycles. The second kappa shape index (κ2) is 53.3. The summed E-state index contributed by atoms with van der Waals surface area (Å²) in [7, 11) is 0. The molecule has 426 valence electrons. The first kappa shape index (κ1) is 68.9. The molecule has 1 amide bonds. The number of nitrogens with one attached hydrogen (secondary N) is 1. The van der Waals surface area contributed by atoms with Gasteiger partial charge in [0, 0.05) is 6.42 Å². The average Bonchev–Trinajstić information content (AvgIpc) is 3.39. The molecule has 6 N–H and O–H groups in total. The van der Waals surface area contributed by atoms with E-state index < -0.39 is 49.5 Å². The van der Waals surface area contributed by atoms with Crippen molar-refractivity contribution < 1.29 is 39.8 Å². The lowest BCUT2D eigenvalue weighted by Crippen LogP contribution is -2.60. The van der Waals surface area contributed by atoms with Gasteiger partial charge in [0.25, 0.3) is 0 Å². The van der Waals surface area contributed by atoms with E-state index >= 15 is 0 Å². The van der Waals surface area contributed by atoms with Crippen molar-refractivity contribution in [1.82, 2.24) is 5.32 Å². The van der Waals surface area contributed by atoms with Gasteiger partial charge in [0.1, 0.15) is 24.4 Å². The van der Waals surface area contributed by atoms with Crippen molar-refractivity contribution in [3.63, 3.8) is 0 Å². The molecule has 0 radical (unpaired) electrons. The topological polar surface area (TPSA) is 149 Å². The molecule has 1 aliphatic heterocycles. The van der Waals surface area contributed by atoms with Gasteiger partial charge in [-0.1, -0.05) is 280 Å². The van der Waals surface area contributed by atoms with E-state index in [1.807, 2.05) is 6.08 Å². The molecule has 0 aromatic carbocycles. The van der Waals surface area contributed by atoms with Crippen LogP contribution >= 0.6 is 0 Å². The van der Waals surface area contributed by atoms with Crippen molar-refractivity contribution in [3.8, 4) is 0 Å². The molecule has 1 aliphatic rings. The molecule has 0 bridgehead atoms. The third-order valence-corrected chi connectivity index (χ3v) is 14.6. The summed E-state index contributed by atoms with van der Waals surface area (Å²) in [6.45, 7) is 3.69. The number of ether oxygens (including phenoxy) is 2. The third-order valence-electron chi connectivity index (χ3n) is 14.6. The van der Waals surface area contributed by atoms with Gasteiger partial charge in [-0.25, -0.2) is 0 Å². The fourth-order valence-electron chi connectivity index (χ4n) is 9.74. The van der Waals surface area contributed by atoms with E-state index in [2.05, 4.69) is 67.8 Å². The van der Waals surface area contributed by atoms with Crippen LogP contribution < -0.4 is 5.32 Å². The predicted molar refractivity (Wildman–Crippen MR) is 309 cm³/mol. The SMILES string of the molecule is CC/C=C\C/C=C\C/C=C\C/C=C\CCCCCCCCCCC(=O)NC(COC1OC(CO)C(O)C(O)C1O)C(O)/C=C/CCCCCCCCCCCCCCCCCCCCCCCCCCCCC. The first-order chi connectivity index (χ1) is 35.8. The monoisotopic (exact) mass is 1030 g/mol. The van der Waals surface area contributed by atoms with E-state index in [-0.39, 0.29) is 12.5 Å². The summed E-state index contributed by atoms with van der Waals surface area (Å²) in [5.41, 5.74) is 0. The van der Waals surface area contributed by atoms with E-state index in [9.17, 15) is 30.3 Å². The lowest BCUT2D eigenvalue weighted by Gasteiger charge is -2.40. The van der Waals surface area contributed by atoms with E-state index in [4.69, 9.17) is 9.47 Å². The minimum Gasteiger partial charge on any atom is -0.394 e. The van der Waals surface area contributed by atoms with Crippen LogP contribution in [0.1, 0.15) is 284 Å². The first-order valence-electron chi connectivity index (χ1n) is 31.0. The van der Waals surface area contributed by atoms with Crippen LogP contribution in [0.3, 0.4) is 0 Å². The minimum absolute atomic E-state index is 0.184. The average molecular weight is 1030 g/mol. The molecule has 9 heteroatoms. The van der Waals surface area contributed by atoms with Gasteiger partial charge in [-0.3, -0.25) is 4.79 Å². The van der Waals surface area contributed by atoms with Gasteiger partial charge < -0.3 is 40.3 Å². The number of hydrogen-bond acceptors (Lipinski definition) is 8. The normalized spacial score (nSPS) is 19.5. The summed E-state index contributed by atoms with van der Waals surface area (Å²) >= 11 is 0. The summed E-state index contributed by atoms with van der Waals surface area (Å²) in [6.07, 6.45) is 65.8. The molecule has 1 fully saturated rings. The zero-order valence-corrected chi connectivity index (χ0v) is 47.4. The number of hydrogen-bond donors (Lipinski definition) is 6. The Morgan fingerprint density at radius 3 is 1.26 bits per heavy atom. The van der Waals surface area contributed by atoms with E-state index in [1.54, 1.807) is 6.08 Å². The molecule has 9 nitrogen and oxygen atoms in total. The number of aliphatic hydroxyl groups excluding tert-OH is 5. The molecular weight excluding hydrogens is 911 g/mol. The maximum absolute atomic E-state index is 13.1. The Labute approximate surface area is 449 Å². The summed E-state index contributed by atoms with van der Waals surface area (Å²) in [6, 6.07) is -0.813. The van der Waals surface area contributed by atoms with Gasteiger partial charge >= 0.3 is 0 Å². The molecule has 0 spiro atoms. The highest BCUT2D eigenvalue weighted by Gasteiger charge is 2.44. The Bertz CT molecular complexity index is 1330. The number of carbonyl (C=O) groups excluding carboxylic acids is 1. The molecule has 7 unspecified atom stereocenters. The van der Waals surface area contributed by atoms with Gasteiger partial charge in [-0.15, -0.1) is 0 Å². The Morgan fingerprint density at radius 1 is 0.479 bits per heavy atom. The van der Waals surface area contributed by atoms with Crippen molar-refractivity contribution in [2.45, 2.75) is 326 Å². The summed E-state index contributed by atoms with van der Waals surface area (Å²) in [4.78, 5) is 13.1. The van der Waals surface area contributed by atoms with Crippen LogP contribution in [0.25, 0.3) is 0 Å². The van der Waals surface area contributed by atoms with Crippen LogP contribution in [0.5, 0.6) is 0 Å². The molecule has 1 rings (SSSR count). The smallest absolute Gasteiger partial charge is 0.220 e. The number of unbranched alkanes of at least 4 members (excludes halogenated alkanes) is 35. The maximum Gasteiger partial charge on any atom is 0.220 e. The van der Waals surface area contributed by atoms with Crippen LogP contribution in [0.15, 0.2) is 60.8 Å². The van der Waals surface area contributed by atoms with Gasteiger partial charge in [-0.05, 0) is 57.8 Å². The highest BCUT2D eigenvalue weighted by atomic mass is 16.7. The molecular formula is C64H117NO8. The standard InChI is InChI=1S/C64H117NO8/c1-3-5-7-9-11-13-15-17-19-21-23-25-26-27-28-29-30-31-32-34-35-37-39-41-43-45-47-49-51-53-58(67)57(56-72-64-63(71)62(70)61(69)59(55-66)73-64)65-60(68)54-52-50-48-46-44-42-40-38-36-33-24-22-20-18-16-14-12-10-8-6-4-2/h6,8,12,14,18,20,24,33,51,53,57-59,61-64,66-67,69-71H,3-5,7,9-11,13,15-17,19,21-23,25-32,34-50,52,54-56H2,1-2H3,(H,65,68)/b8-6-,14-12-,20-18-,33-24-,53-51+. The molecule has 0 aliphatic carbocycles. The van der Waals surface area contributed by atoms with E-state index in [0.29, 0.717) is 6.42 Å². The highest BCUT2D eigenvalue weighted by molar-refractivity contribution is 5.76. The molecule has 1 heterocycles. The quantitative estimate of drug-likeness (QED) is 0.0261. The Kier molecular flexibility index (Phi) is 50.3. The van der Waals surface area contributed by atoms with Gasteiger partial charge in [0.05, 0.1) is 25.4 Å². The number of rotatable bonds is 53. The second-order valence-corrected chi connectivity index (χ2v) is 21.5. The fourth-order valence-corrected chi connectivity index (χ4v) is 9.74. The zero-order valence-electron chi connectivity index (χ0n) is 47.4. The van der Waals surface area contributed by atoms with Crippen molar-refractivity contribution in [2.75, 3.05) is 13.2 Å². The lowest BCUT2D eigenvalue weighted by atomic mass is 9.99. The highest BCUT2D eigenvalue weighted by Crippen LogP contribution is 2.23. The molecule has 0 saturated carbocycles. The Morgan fingerprint density at radius 2 is 0.849 bits per heavy atom. The van der Waals surface area contributed by atoms with Gasteiger partial charge in [-0.2, -0.15) is 0 Å². The van der Waals surface area contributed by atoms with Crippen molar-refractivity contribution >= 4 is 5.91 Å². The Balaban J connectivity index is 2.19. The molecule has 7 atom stereocenters. The van der Waals surface area contributed by atoms with E-state index in [1.165, 1.54) is 186 Å². The number of allylic oxidation sites excluding steroid dienone is 9. The minimum atomic E-state index is -1.57. The second-order valence-electron chi connectivity index (χ2n) is 21.5. The van der Waals surface area contributed by atoms with Crippen LogP contribution in [0.4, 0.5) is 0 Å². The van der Waals surface area contributed by atoms with Gasteiger partial charge in [0.2, 0.25) is 5.91 Å². The number of carbonyl (C=O) groups is 1. The Hall–Kier alpha value is -2.11. The van der Waals surface area contributed by atoms with Crippen LogP contribution in [0, 0.1) is 0 Å². The van der Waals surface area contributed by atoms with E-state index in [0.717, 1.165) is 77.0 Å². The zero-order chi connectivity index (χ0) is 52.9. The van der Waals surface area contributed by atoms with Crippen molar-refractivity contribution in [3.05, 3.63) is 60.8 Å². The summed E-state index contributed by atoms with van der Waals surface area (Å²) in [5.74, 6) is -0.184. The largest absolute Gasteiger partial charge is 0.394 e. The van der Waals surface area contributed by atoms with Crippen LogP contribution in [-0.2, 0) is 14.3 Å².